The molecule has 0 aliphatic rings. The Hall–Kier alpha value is -3.10. The van der Waals surface area contributed by atoms with E-state index in [0.29, 0.717) is 5.56 Å². The summed E-state index contributed by atoms with van der Waals surface area (Å²) in [5, 5.41) is 5.19. The number of carbonyl (C=O) groups excluding carboxylic acids is 2. The van der Waals surface area contributed by atoms with Crippen molar-refractivity contribution in [2.24, 2.45) is 0 Å². The Kier molecular flexibility index (Phi) is 5.81. The van der Waals surface area contributed by atoms with E-state index < -0.39 is 18.3 Å². The zero-order valence-electron chi connectivity index (χ0n) is 13.9. The van der Waals surface area contributed by atoms with Crippen LogP contribution < -0.4 is 15.4 Å². The van der Waals surface area contributed by atoms with E-state index in [1.54, 1.807) is 6.92 Å². The van der Waals surface area contributed by atoms with E-state index in [9.17, 15) is 22.8 Å². The number of rotatable bonds is 5. The Balaban J connectivity index is 2.03. The summed E-state index contributed by atoms with van der Waals surface area (Å²) < 4.78 is 40.3. The first-order valence-electron chi connectivity index (χ1n) is 7.54. The average molecular weight is 367 g/mol. The van der Waals surface area contributed by atoms with Crippen molar-refractivity contribution in [1.29, 1.82) is 0 Å². The van der Waals surface area contributed by atoms with Gasteiger partial charge in [0.2, 0.25) is 5.91 Å². The molecule has 2 aromatic rings. The number of ether oxygens (including phenoxy) is 1. The molecule has 26 heavy (non-hydrogen) atoms. The average Bonchev–Trinajstić information content (AvgIpc) is 2.53. The lowest BCUT2D eigenvalue weighted by Crippen LogP contribution is -2.26. The summed E-state index contributed by atoms with van der Waals surface area (Å²) in [5.41, 5.74) is 0.886. The molecule has 138 valence electrons. The summed E-state index contributed by atoms with van der Waals surface area (Å²) in [6.45, 7) is 3.01. The maximum absolute atomic E-state index is 12.3. The van der Waals surface area contributed by atoms with Crippen molar-refractivity contribution in [2.75, 3.05) is 5.32 Å². The standard InChI is InChI=1S/C17H16F3N3O3/c1-10(12-3-5-14(6-4-12)26-17(18,19)20)22-16(25)13-7-8-21-15(9-13)23-11(2)24/h3-10H,1-2H3,(H,22,25)(H,21,23,24). The molecular formula is C17H16F3N3O3. The fourth-order valence-corrected chi connectivity index (χ4v) is 2.14. The molecule has 0 bridgehead atoms. The first kappa shape index (κ1) is 19.2. The summed E-state index contributed by atoms with van der Waals surface area (Å²) in [7, 11) is 0. The van der Waals surface area contributed by atoms with Crippen LogP contribution in [0.1, 0.15) is 35.8 Å². The summed E-state index contributed by atoms with van der Waals surface area (Å²) in [5.74, 6) is -0.827. The molecule has 0 spiro atoms. The molecular weight excluding hydrogens is 351 g/mol. The molecule has 0 saturated carbocycles. The minimum absolute atomic E-state index is 0.242. The van der Waals surface area contributed by atoms with E-state index in [0.717, 1.165) is 0 Å². The van der Waals surface area contributed by atoms with Crippen LogP contribution in [-0.2, 0) is 4.79 Å². The number of aromatic nitrogens is 1. The summed E-state index contributed by atoms with van der Waals surface area (Å²) >= 11 is 0. The number of hydrogen-bond acceptors (Lipinski definition) is 4. The first-order chi connectivity index (χ1) is 12.1. The van der Waals surface area contributed by atoms with Crippen molar-refractivity contribution in [2.45, 2.75) is 26.3 Å². The van der Waals surface area contributed by atoms with Crippen LogP contribution in [0.2, 0.25) is 0 Å². The lowest BCUT2D eigenvalue weighted by atomic mass is 10.1. The van der Waals surface area contributed by atoms with Gasteiger partial charge >= 0.3 is 6.36 Å². The highest BCUT2D eigenvalue weighted by atomic mass is 19.4. The van der Waals surface area contributed by atoms with Gasteiger partial charge < -0.3 is 15.4 Å². The number of hydrogen-bond donors (Lipinski definition) is 2. The predicted molar refractivity (Wildman–Crippen MR) is 87.5 cm³/mol. The lowest BCUT2D eigenvalue weighted by molar-refractivity contribution is -0.274. The molecule has 1 aromatic carbocycles. The maximum Gasteiger partial charge on any atom is 0.573 e. The molecule has 2 N–H and O–H groups in total. The normalized spacial score (nSPS) is 12.2. The largest absolute Gasteiger partial charge is 0.573 e. The second kappa shape index (κ2) is 7.85. The van der Waals surface area contributed by atoms with Crippen molar-refractivity contribution < 1.29 is 27.5 Å². The number of alkyl halides is 3. The molecule has 1 heterocycles. The van der Waals surface area contributed by atoms with E-state index in [2.05, 4.69) is 20.4 Å². The molecule has 0 fully saturated rings. The monoisotopic (exact) mass is 367 g/mol. The van der Waals surface area contributed by atoms with Crippen LogP contribution in [0, 0.1) is 0 Å². The van der Waals surface area contributed by atoms with E-state index in [1.807, 2.05) is 0 Å². The van der Waals surface area contributed by atoms with Crippen molar-refractivity contribution in [3.05, 3.63) is 53.7 Å². The van der Waals surface area contributed by atoms with Crippen molar-refractivity contribution in [1.82, 2.24) is 10.3 Å². The van der Waals surface area contributed by atoms with Gasteiger partial charge in [0.25, 0.3) is 5.91 Å². The minimum Gasteiger partial charge on any atom is -0.406 e. The van der Waals surface area contributed by atoms with Crippen LogP contribution in [0.4, 0.5) is 19.0 Å². The smallest absolute Gasteiger partial charge is 0.406 e. The van der Waals surface area contributed by atoms with Gasteiger partial charge in [0.05, 0.1) is 6.04 Å². The summed E-state index contributed by atoms with van der Waals surface area (Å²) in [6.07, 6.45) is -3.37. The second-order valence-corrected chi connectivity index (χ2v) is 5.42. The molecule has 6 nitrogen and oxygen atoms in total. The zero-order chi connectivity index (χ0) is 19.3. The molecule has 0 radical (unpaired) electrons. The molecule has 0 aliphatic carbocycles. The van der Waals surface area contributed by atoms with Gasteiger partial charge in [-0.1, -0.05) is 12.1 Å². The van der Waals surface area contributed by atoms with Crippen LogP contribution in [0.5, 0.6) is 5.75 Å². The highest BCUT2D eigenvalue weighted by molar-refractivity contribution is 5.96. The number of pyridine rings is 1. The zero-order valence-corrected chi connectivity index (χ0v) is 13.9. The van der Waals surface area contributed by atoms with Crippen LogP contribution in [-0.4, -0.2) is 23.2 Å². The quantitative estimate of drug-likeness (QED) is 0.849. The minimum atomic E-state index is -4.76. The third-order valence-electron chi connectivity index (χ3n) is 3.29. The molecule has 2 amide bonds. The van der Waals surface area contributed by atoms with Gasteiger partial charge in [0, 0.05) is 18.7 Å². The Morgan fingerprint density at radius 1 is 1.15 bits per heavy atom. The van der Waals surface area contributed by atoms with Crippen LogP contribution in [0.25, 0.3) is 0 Å². The lowest BCUT2D eigenvalue weighted by Gasteiger charge is -2.16. The number of carbonyl (C=O) groups is 2. The number of amides is 2. The Bertz CT molecular complexity index is 792. The molecule has 0 saturated heterocycles. The first-order valence-corrected chi connectivity index (χ1v) is 7.54. The molecule has 1 atom stereocenters. The second-order valence-electron chi connectivity index (χ2n) is 5.42. The van der Waals surface area contributed by atoms with Crippen molar-refractivity contribution >= 4 is 17.6 Å². The number of nitrogens with one attached hydrogen (secondary N) is 2. The molecule has 2 rings (SSSR count). The Morgan fingerprint density at radius 3 is 2.38 bits per heavy atom. The van der Waals surface area contributed by atoms with E-state index in [4.69, 9.17) is 0 Å². The van der Waals surface area contributed by atoms with Crippen LogP contribution >= 0.6 is 0 Å². The van der Waals surface area contributed by atoms with Gasteiger partial charge in [-0.3, -0.25) is 9.59 Å². The van der Waals surface area contributed by atoms with Gasteiger partial charge in [0.15, 0.2) is 0 Å². The third-order valence-corrected chi connectivity index (χ3v) is 3.29. The topological polar surface area (TPSA) is 80.3 Å². The predicted octanol–water partition coefficient (Wildman–Crippen LogP) is 3.43. The highest BCUT2D eigenvalue weighted by Crippen LogP contribution is 2.24. The van der Waals surface area contributed by atoms with Crippen molar-refractivity contribution in [3.63, 3.8) is 0 Å². The fourth-order valence-electron chi connectivity index (χ4n) is 2.14. The van der Waals surface area contributed by atoms with Gasteiger partial charge in [-0.25, -0.2) is 4.98 Å². The number of halogens is 3. The Morgan fingerprint density at radius 2 is 1.81 bits per heavy atom. The van der Waals surface area contributed by atoms with E-state index >= 15 is 0 Å². The molecule has 1 unspecified atom stereocenters. The van der Waals surface area contributed by atoms with E-state index in [-0.39, 0.29) is 23.0 Å². The van der Waals surface area contributed by atoms with Gasteiger partial charge in [-0.15, -0.1) is 13.2 Å². The number of anilines is 1. The van der Waals surface area contributed by atoms with Crippen molar-refractivity contribution in [3.8, 4) is 5.75 Å². The van der Waals surface area contributed by atoms with Gasteiger partial charge in [-0.2, -0.15) is 0 Å². The van der Waals surface area contributed by atoms with E-state index in [1.165, 1.54) is 49.5 Å². The fraction of sp³-hybridized carbons (Fsp3) is 0.235. The van der Waals surface area contributed by atoms with Crippen LogP contribution in [0.3, 0.4) is 0 Å². The molecule has 9 heteroatoms. The summed E-state index contributed by atoms with van der Waals surface area (Å²) in [6, 6.07) is 7.65. The number of nitrogens with zero attached hydrogens (tertiary/aromatic N) is 1. The maximum atomic E-state index is 12.3. The van der Waals surface area contributed by atoms with Gasteiger partial charge in [0.1, 0.15) is 11.6 Å². The SMILES string of the molecule is CC(=O)Nc1cc(C(=O)NC(C)c2ccc(OC(F)(F)F)cc2)ccn1. The highest BCUT2D eigenvalue weighted by Gasteiger charge is 2.31. The molecule has 0 aliphatic heterocycles. The Labute approximate surface area is 147 Å². The molecule has 1 aromatic heterocycles. The summed E-state index contributed by atoms with van der Waals surface area (Å²) in [4.78, 5) is 27.3. The van der Waals surface area contributed by atoms with Crippen LogP contribution in [0.15, 0.2) is 42.6 Å². The van der Waals surface area contributed by atoms with Gasteiger partial charge in [-0.05, 0) is 36.8 Å². The number of benzene rings is 1. The third kappa shape index (κ3) is 5.76.